The number of carbonyl (C=O) groups excluding carboxylic acids is 2. The number of ether oxygens (including phenoxy) is 1. The van der Waals surface area contributed by atoms with Gasteiger partial charge in [0.1, 0.15) is 5.15 Å². The third-order valence-electron chi connectivity index (χ3n) is 3.51. The first-order valence-corrected chi connectivity index (χ1v) is 9.83. The molecule has 3 aromatic rings. The molecule has 1 amide bonds. The summed E-state index contributed by atoms with van der Waals surface area (Å²) >= 11 is 10.5. The molecule has 0 radical (unpaired) electrons. The third kappa shape index (κ3) is 4.91. The van der Waals surface area contributed by atoms with Gasteiger partial charge in [-0.15, -0.1) is 11.3 Å². The SMILES string of the molecule is CC(OC(=O)c1cccnc1Cl)C(=O)Nc1nc(-c2ccc(Br)cc2)cs1. The van der Waals surface area contributed by atoms with Gasteiger partial charge in [-0.1, -0.05) is 39.7 Å². The molecule has 1 unspecified atom stereocenters. The van der Waals surface area contributed by atoms with Gasteiger partial charge in [-0.25, -0.2) is 14.8 Å². The lowest BCUT2D eigenvalue weighted by Gasteiger charge is -2.12. The van der Waals surface area contributed by atoms with Crippen molar-refractivity contribution in [3.05, 3.63) is 63.2 Å². The molecule has 1 atom stereocenters. The van der Waals surface area contributed by atoms with Crippen molar-refractivity contribution in [2.45, 2.75) is 13.0 Å². The van der Waals surface area contributed by atoms with Crippen LogP contribution in [0.5, 0.6) is 0 Å². The van der Waals surface area contributed by atoms with Crippen LogP contribution in [0.2, 0.25) is 5.15 Å². The molecule has 9 heteroatoms. The van der Waals surface area contributed by atoms with Crippen molar-refractivity contribution in [2.75, 3.05) is 5.32 Å². The molecule has 2 heterocycles. The Hall–Kier alpha value is -2.29. The van der Waals surface area contributed by atoms with Crippen molar-refractivity contribution in [1.82, 2.24) is 9.97 Å². The van der Waals surface area contributed by atoms with Crippen LogP contribution in [0.15, 0.2) is 52.4 Å². The van der Waals surface area contributed by atoms with Crippen LogP contribution >= 0.6 is 38.9 Å². The fourth-order valence-electron chi connectivity index (χ4n) is 2.11. The Morgan fingerprint density at radius 1 is 1.26 bits per heavy atom. The average Bonchev–Trinajstić information content (AvgIpc) is 3.11. The molecule has 0 bridgehead atoms. The first-order valence-electron chi connectivity index (χ1n) is 7.78. The summed E-state index contributed by atoms with van der Waals surface area (Å²) in [5.41, 5.74) is 1.78. The molecule has 0 aliphatic heterocycles. The zero-order valence-corrected chi connectivity index (χ0v) is 17.1. The maximum atomic E-state index is 12.3. The van der Waals surface area contributed by atoms with Crippen molar-refractivity contribution in [1.29, 1.82) is 0 Å². The highest BCUT2D eigenvalue weighted by Gasteiger charge is 2.21. The van der Waals surface area contributed by atoms with Gasteiger partial charge < -0.3 is 4.74 Å². The summed E-state index contributed by atoms with van der Waals surface area (Å²) in [5, 5.41) is 4.93. The number of aromatic nitrogens is 2. The van der Waals surface area contributed by atoms with Gasteiger partial charge in [-0.2, -0.15) is 0 Å². The second kappa shape index (κ2) is 8.60. The lowest BCUT2D eigenvalue weighted by molar-refractivity contribution is -0.123. The lowest BCUT2D eigenvalue weighted by atomic mass is 10.2. The van der Waals surface area contributed by atoms with Gasteiger partial charge in [0.05, 0.1) is 11.3 Å². The standard InChI is InChI=1S/C18H13BrClN3O3S/c1-10(26-17(25)13-3-2-8-21-15(13)20)16(24)23-18-22-14(9-27-18)11-4-6-12(19)7-5-11/h2-10H,1H3,(H,22,23,24). The number of amides is 1. The summed E-state index contributed by atoms with van der Waals surface area (Å²) in [6.45, 7) is 1.47. The van der Waals surface area contributed by atoms with Crippen LogP contribution in [0.4, 0.5) is 5.13 Å². The first kappa shape index (κ1) is 19.5. The van der Waals surface area contributed by atoms with Crippen molar-refractivity contribution in [3.63, 3.8) is 0 Å². The van der Waals surface area contributed by atoms with Crippen LogP contribution in [0, 0.1) is 0 Å². The van der Waals surface area contributed by atoms with E-state index in [1.807, 2.05) is 29.6 Å². The van der Waals surface area contributed by atoms with Crippen molar-refractivity contribution in [2.24, 2.45) is 0 Å². The summed E-state index contributed by atoms with van der Waals surface area (Å²) in [4.78, 5) is 32.6. The number of pyridine rings is 1. The number of anilines is 1. The smallest absolute Gasteiger partial charge is 0.342 e. The fraction of sp³-hybridized carbons (Fsp3) is 0.111. The number of rotatable bonds is 5. The largest absolute Gasteiger partial charge is 0.449 e. The number of benzene rings is 1. The zero-order valence-electron chi connectivity index (χ0n) is 14.0. The van der Waals surface area contributed by atoms with Gasteiger partial charge in [-0.05, 0) is 31.2 Å². The number of hydrogen-bond acceptors (Lipinski definition) is 6. The van der Waals surface area contributed by atoms with Crippen LogP contribution in [0.1, 0.15) is 17.3 Å². The second-order valence-corrected chi connectivity index (χ2v) is 7.56. The molecule has 6 nitrogen and oxygen atoms in total. The van der Waals surface area contributed by atoms with E-state index in [2.05, 4.69) is 31.2 Å². The maximum absolute atomic E-state index is 12.3. The van der Waals surface area contributed by atoms with E-state index >= 15 is 0 Å². The van der Waals surface area contributed by atoms with Crippen molar-refractivity contribution >= 4 is 55.9 Å². The summed E-state index contributed by atoms with van der Waals surface area (Å²) in [7, 11) is 0. The highest BCUT2D eigenvalue weighted by Crippen LogP contribution is 2.26. The first-order chi connectivity index (χ1) is 12.9. The van der Waals surface area contributed by atoms with Crippen LogP contribution < -0.4 is 5.32 Å². The topological polar surface area (TPSA) is 81.2 Å². The summed E-state index contributed by atoms with van der Waals surface area (Å²) in [5.74, 6) is -1.20. The minimum Gasteiger partial charge on any atom is -0.449 e. The molecule has 0 fully saturated rings. The van der Waals surface area contributed by atoms with Gasteiger partial charge in [0.15, 0.2) is 11.2 Å². The average molecular weight is 467 g/mol. The molecule has 138 valence electrons. The van der Waals surface area contributed by atoms with Gasteiger partial charge in [-0.3, -0.25) is 10.1 Å². The lowest BCUT2D eigenvalue weighted by Crippen LogP contribution is -2.30. The van der Waals surface area contributed by atoms with Crippen molar-refractivity contribution in [3.8, 4) is 11.3 Å². The fourth-order valence-corrected chi connectivity index (χ4v) is 3.29. The Kier molecular flexibility index (Phi) is 6.20. The van der Waals surface area contributed by atoms with Gasteiger partial charge in [0.2, 0.25) is 0 Å². The summed E-state index contributed by atoms with van der Waals surface area (Å²) < 4.78 is 6.12. The van der Waals surface area contributed by atoms with E-state index in [4.69, 9.17) is 16.3 Å². The van der Waals surface area contributed by atoms with Crippen LogP contribution in [0.25, 0.3) is 11.3 Å². The molecular formula is C18H13BrClN3O3S. The van der Waals surface area contributed by atoms with E-state index in [9.17, 15) is 9.59 Å². The van der Waals surface area contributed by atoms with Crippen LogP contribution in [-0.2, 0) is 9.53 Å². The number of esters is 1. The highest BCUT2D eigenvalue weighted by molar-refractivity contribution is 9.10. The van der Waals surface area contributed by atoms with Gasteiger partial charge in [0.25, 0.3) is 5.91 Å². The number of nitrogens with zero attached hydrogens (tertiary/aromatic N) is 2. The highest BCUT2D eigenvalue weighted by atomic mass is 79.9. The van der Waals surface area contributed by atoms with E-state index in [1.165, 1.54) is 30.5 Å². The predicted octanol–water partition coefficient (Wildman–Crippen LogP) is 4.81. The van der Waals surface area contributed by atoms with Gasteiger partial charge in [0, 0.05) is 21.6 Å². The molecule has 0 aliphatic rings. The van der Waals surface area contributed by atoms with E-state index < -0.39 is 18.0 Å². The number of halogens is 2. The van der Waals surface area contributed by atoms with Crippen LogP contribution in [0.3, 0.4) is 0 Å². The number of thiazole rings is 1. The third-order valence-corrected chi connectivity index (χ3v) is 5.09. The quantitative estimate of drug-likeness (QED) is 0.431. The van der Waals surface area contributed by atoms with E-state index in [-0.39, 0.29) is 10.7 Å². The molecule has 1 N–H and O–H groups in total. The minimum atomic E-state index is -1.02. The van der Waals surface area contributed by atoms with E-state index in [0.29, 0.717) is 5.13 Å². The van der Waals surface area contributed by atoms with Crippen LogP contribution in [-0.4, -0.2) is 27.9 Å². The Bertz CT molecular complexity index is 978. The molecule has 2 aromatic heterocycles. The molecule has 3 rings (SSSR count). The second-order valence-electron chi connectivity index (χ2n) is 5.42. The normalized spacial score (nSPS) is 11.7. The van der Waals surface area contributed by atoms with Gasteiger partial charge >= 0.3 is 5.97 Å². The Morgan fingerprint density at radius 3 is 2.70 bits per heavy atom. The number of carbonyl (C=O) groups is 2. The molecule has 1 aromatic carbocycles. The zero-order chi connectivity index (χ0) is 19.4. The summed E-state index contributed by atoms with van der Waals surface area (Å²) in [6, 6.07) is 10.7. The molecule has 0 saturated heterocycles. The Labute approximate surface area is 172 Å². The summed E-state index contributed by atoms with van der Waals surface area (Å²) in [6.07, 6.45) is 0.439. The molecule has 0 aliphatic carbocycles. The monoisotopic (exact) mass is 465 g/mol. The Morgan fingerprint density at radius 2 is 2.00 bits per heavy atom. The predicted molar refractivity (Wildman–Crippen MR) is 108 cm³/mol. The van der Waals surface area contributed by atoms with Crippen molar-refractivity contribution < 1.29 is 14.3 Å². The number of hydrogen-bond donors (Lipinski definition) is 1. The maximum Gasteiger partial charge on any atom is 0.342 e. The molecular weight excluding hydrogens is 454 g/mol. The van der Waals surface area contributed by atoms with E-state index in [1.54, 1.807) is 6.07 Å². The Balaban J connectivity index is 1.62. The molecule has 0 saturated carbocycles. The molecule has 0 spiro atoms. The van der Waals surface area contributed by atoms with E-state index in [0.717, 1.165) is 15.7 Å². The number of nitrogens with one attached hydrogen (secondary N) is 1. The molecule has 27 heavy (non-hydrogen) atoms. The minimum absolute atomic E-state index is 0.0224.